The lowest BCUT2D eigenvalue weighted by molar-refractivity contribution is -0.460. The van der Waals surface area contributed by atoms with E-state index in [0.717, 1.165) is 46.0 Å². The minimum absolute atomic E-state index is 0.466. The molecule has 0 unspecified atom stereocenters. The highest BCUT2D eigenvalue weighted by molar-refractivity contribution is 9.10. The van der Waals surface area contributed by atoms with Gasteiger partial charge in [0.2, 0.25) is 5.69 Å². The van der Waals surface area contributed by atoms with Gasteiger partial charge in [0.15, 0.2) is 5.72 Å². The van der Waals surface area contributed by atoms with Crippen LogP contribution in [0.1, 0.15) is 25.7 Å². The standard InChI is InChI=1S/C19H18Br2N4O/c20-14-3-7-16(8-4-14)24-13-26-19-12-2-1-11-18(19,24)22-25(23-19)17-9-5-15(21)6-10-17/h3-10H,1-2,11-13H2/t18-,19+/m0/s1. The molecule has 0 amide bonds. The number of halogens is 2. The molecule has 2 aromatic rings. The van der Waals surface area contributed by atoms with E-state index in [9.17, 15) is 0 Å². The van der Waals surface area contributed by atoms with E-state index in [4.69, 9.17) is 15.3 Å². The molecule has 0 spiro atoms. The quantitative estimate of drug-likeness (QED) is 0.492. The van der Waals surface area contributed by atoms with Gasteiger partial charge in [-0.25, -0.2) is 0 Å². The fraction of sp³-hybridized carbons (Fsp3) is 0.368. The summed E-state index contributed by atoms with van der Waals surface area (Å²) in [5, 5.41) is 4.97. The summed E-state index contributed by atoms with van der Waals surface area (Å²) < 4.78 is 8.45. The lowest BCUT2D eigenvalue weighted by Gasteiger charge is -2.46. The van der Waals surface area contributed by atoms with Crippen LogP contribution in [0.3, 0.4) is 0 Å². The third-order valence-electron chi connectivity index (χ3n) is 5.51. The number of anilines is 1. The summed E-state index contributed by atoms with van der Waals surface area (Å²) in [6.45, 7) is 0.517. The highest BCUT2D eigenvalue weighted by Crippen LogP contribution is 2.57. The van der Waals surface area contributed by atoms with Crippen LogP contribution in [-0.4, -0.2) is 22.9 Å². The van der Waals surface area contributed by atoms with E-state index < -0.39 is 11.4 Å². The van der Waals surface area contributed by atoms with Crippen molar-refractivity contribution in [1.82, 2.24) is 0 Å². The molecule has 0 radical (unpaired) electrons. The van der Waals surface area contributed by atoms with Crippen LogP contribution in [0.15, 0.2) is 62.6 Å². The second kappa shape index (κ2) is 6.04. The molecule has 1 saturated carbocycles. The molecule has 26 heavy (non-hydrogen) atoms. The average Bonchev–Trinajstić information content (AvgIpc) is 3.15. The molecule has 0 bridgehead atoms. The minimum Gasteiger partial charge on any atom is -0.347 e. The van der Waals surface area contributed by atoms with Gasteiger partial charge in [-0.1, -0.05) is 44.7 Å². The molecule has 5 nitrogen and oxygen atoms in total. The lowest BCUT2D eigenvalue weighted by Crippen LogP contribution is -2.56. The van der Waals surface area contributed by atoms with Crippen molar-refractivity contribution in [2.45, 2.75) is 37.1 Å². The first kappa shape index (κ1) is 16.7. The van der Waals surface area contributed by atoms with Crippen LogP contribution in [0.25, 0.3) is 5.43 Å². The van der Waals surface area contributed by atoms with Gasteiger partial charge in [0, 0.05) is 26.8 Å². The van der Waals surface area contributed by atoms with Crippen molar-refractivity contribution in [2.24, 2.45) is 5.11 Å². The van der Waals surface area contributed by atoms with Crippen LogP contribution < -0.4 is 4.90 Å². The molecule has 2 fully saturated rings. The van der Waals surface area contributed by atoms with E-state index in [2.05, 4.69) is 61.0 Å². The Morgan fingerprint density at radius 3 is 2.35 bits per heavy atom. The van der Waals surface area contributed by atoms with Crippen LogP contribution in [-0.2, 0) is 4.74 Å². The molecule has 134 valence electrons. The van der Waals surface area contributed by atoms with Crippen LogP contribution in [0, 0.1) is 0 Å². The Bertz CT molecular complexity index is 870. The van der Waals surface area contributed by atoms with Crippen molar-refractivity contribution in [1.29, 1.82) is 0 Å². The van der Waals surface area contributed by atoms with Gasteiger partial charge in [-0.15, -0.1) is 4.81 Å². The molecule has 1 saturated heterocycles. The summed E-state index contributed by atoms with van der Waals surface area (Å²) in [5.41, 5.74) is 6.14. The van der Waals surface area contributed by atoms with Gasteiger partial charge in [-0.2, -0.15) is 10.5 Å². The van der Waals surface area contributed by atoms with Gasteiger partial charge in [0.25, 0.3) is 0 Å². The first-order chi connectivity index (χ1) is 12.6. The Balaban J connectivity index is 1.57. The molecular weight excluding hydrogens is 460 g/mol. The maximum atomic E-state index is 6.33. The van der Waals surface area contributed by atoms with Crippen LogP contribution in [0.2, 0.25) is 0 Å². The van der Waals surface area contributed by atoms with Crippen molar-refractivity contribution in [3.05, 3.63) is 62.9 Å². The summed E-state index contributed by atoms with van der Waals surface area (Å²) in [6.07, 6.45) is 4.09. The fourth-order valence-electron chi connectivity index (χ4n) is 4.22. The summed E-state index contributed by atoms with van der Waals surface area (Å²) in [5.74, 6) is 0. The van der Waals surface area contributed by atoms with Crippen molar-refractivity contribution in [2.75, 3.05) is 11.6 Å². The van der Waals surface area contributed by atoms with Crippen LogP contribution in [0.4, 0.5) is 11.4 Å². The maximum absolute atomic E-state index is 6.33. The molecule has 0 aromatic heterocycles. The normalized spacial score (nSPS) is 29.8. The molecule has 5 rings (SSSR count). The number of hydrogen-bond donors (Lipinski definition) is 0. The zero-order valence-corrected chi connectivity index (χ0v) is 17.3. The third kappa shape index (κ3) is 2.37. The SMILES string of the molecule is Brc1ccc(N2CO[C@]34CCCC[C@]23[N-][N+](c2ccc(Br)cc2)=N4)cc1. The van der Waals surface area contributed by atoms with Gasteiger partial charge in [0.1, 0.15) is 12.4 Å². The van der Waals surface area contributed by atoms with E-state index in [1.165, 1.54) is 0 Å². The zero-order valence-electron chi connectivity index (χ0n) is 14.1. The van der Waals surface area contributed by atoms with Gasteiger partial charge in [-0.05, 0) is 49.2 Å². The zero-order chi connectivity index (χ0) is 17.8. The van der Waals surface area contributed by atoms with Crippen LogP contribution >= 0.6 is 31.9 Å². The summed E-state index contributed by atoms with van der Waals surface area (Å²) in [4.78, 5) is 4.06. The molecule has 2 atom stereocenters. The Labute approximate surface area is 169 Å². The second-order valence-electron chi connectivity index (χ2n) is 6.95. The maximum Gasteiger partial charge on any atom is 0.225 e. The monoisotopic (exact) mass is 476 g/mol. The molecule has 2 aliphatic heterocycles. The molecule has 0 N–H and O–H groups in total. The van der Waals surface area contributed by atoms with Gasteiger partial charge < -0.3 is 9.64 Å². The minimum atomic E-state index is -0.592. The molecule has 3 aliphatic rings. The highest BCUT2D eigenvalue weighted by Gasteiger charge is 2.64. The van der Waals surface area contributed by atoms with Gasteiger partial charge in [-0.3, -0.25) is 0 Å². The van der Waals surface area contributed by atoms with E-state index >= 15 is 0 Å². The summed E-state index contributed by atoms with van der Waals surface area (Å²) in [7, 11) is 0. The first-order valence-corrected chi connectivity index (χ1v) is 10.4. The van der Waals surface area contributed by atoms with Gasteiger partial charge >= 0.3 is 0 Å². The van der Waals surface area contributed by atoms with E-state index in [0.29, 0.717) is 6.73 Å². The molecule has 2 aromatic carbocycles. The number of benzene rings is 2. The number of azo groups is 1. The number of nitrogens with zero attached hydrogens (tertiary/aromatic N) is 4. The summed E-state index contributed by atoms with van der Waals surface area (Å²) in [6, 6.07) is 16.4. The molecular formula is C19H18Br2N4O. The smallest absolute Gasteiger partial charge is 0.225 e. The predicted molar refractivity (Wildman–Crippen MR) is 106 cm³/mol. The topological polar surface area (TPSA) is 41.9 Å². The number of rotatable bonds is 2. The average molecular weight is 478 g/mol. The van der Waals surface area contributed by atoms with E-state index in [1.54, 1.807) is 4.81 Å². The lowest BCUT2D eigenvalue weighted by atomic mass is 9.81. The van der Waals surface area contributed by atoms with Crippen LogP contribution in [0.5, 0.6) is 0 Å². The van der Waals surface area contributed by atoms with Crippen molar-refractivity contribution in [3.8, 4) is 0 Å². The first-order valence-electron chi connectivity index (χ1n) is 8.80. The van der Waals surface area contributed by atoms with E-state index in [1.807, 2.05) is 24.3 Å². The van der Waals surface area contributed by atoms with Crippen molar-refractivity contribution >= 4 is 43.2 Å². The number of hydrogen-bond acceptors (Lipinski definition) is 3. The summed E-state index contributed by atoms with van der Waals surface area (Å²) >= 11 is 7.01. The molecule has 1 aliphatic carbocycles. The largest absolute Gasteiger partial charge is 0.347 e. The number of ether oxygens (including phenoxy) is 1. The van der Waals surface area contributed by atoms with E-state index in [-0.39, 0.29) is 0 Å². The Morgan fingerprint density at radius 2 is 1.62 bits per heavy atom. The Kier molecular flexibility index (Phi) is 3.88. The molecule has 2 heterocycles. The Hall–Kier alpha value is -1.44. The Morgan fingerprint density at radius 1 is 0.962 bits per heavy atom. The van der Waals surface area contributed by atoms with Gasteiger partial charge in [0.05, 0.1) is 0 Å². The highest BCUT2D eigenvalue weighted by atomic mass is 79.9. The molecule has 7 heteroatoms. The third-order valence-corrected chi connectivity index (χ3v) is 6.57. The van der Waals surface area contributed by atoms with Crippen molar-refractivity contribution in [3.63, 3.8) is 0 Å². The van der Waals surface area contributed by atoms with Crippen molar-refractivity contribution < 1.29 is 9.54 Å². The predicted octanol–water partition coefficient (Wildman–Crippen LogP) is 6.07. The second-order valence-corrected chi connectivity index (χ2v) is 8.78. The fourth-order valence-corrected chi connectivity index (χ4v) is 4.74.